The standard InChI is InChI=1S/C32H40F6N2O6S/c1-20(21-16-23(31(33,34)35)18-24(17-21)32(36,37)38)45-19-30(22-12-10-9-11-13-22,40-47(43)29(5,6)7)15-14-25(26(41)44-8)39-27(42)46-28(2,3)4/h9-14,16-18,20,40H,15,19H2,1-8H3,(H,39,42)/b25-14-/t20-,30-,47?/m1/s1. The van der Waals surface area contributed by atoms with Crippen LogP contribution in [0.15, 0.2) is 60.3 Å². The fourth-order valence-corrected chi connectivity index (χ4v) is 4.96. The van der Waals surface area contributed by atoms with Gasteiger partial charge < -0.3 is 18.8 Å². The zero-order chi connectivity index (χ0) is 36.0. The Morgan fingerprint density at radius 1 is 0.894 bits per heavy atom. The average Bonchev–Trinajstić information content (AvgIpc) is 2.95. The molecule has 2 rings (SSSR count). The van der Waals surface area contributed by atoms with E-state index in [1.165, 1.54) is 13.0 Å². The van der Waals surface area contributed by atoms with Crippen molar-refractivity contribution < 1.29 is 54.7 Å². The van der Waals surface area contributed by atoms with Crippen molar-refractivity contribution >= 4 is 23.4 Å². The highest BCUT2D eigenvalue weighted by atomic mass is 32.2. The molecule has 2 aromatic rings. The number of amides is 1. The van der Waals surface area contributed by atoms with Crippen LogP contribution in [0.25, 0.3) is 0 Å². The van der Waals surface area contributed by atoms with Crippen LogP contribution in [0.2, 0.25) is 0 Å². The van der Waals surface area contributed by atoms with Gasteiger partial charge in [-0.1, -0.05) is 36.4 Å². The molecule has 15 heteroatoms. The summed E-state index contributed by atoms with van der Waals surface area (Å²) in [5, 5.41) is 2.33. The van der Waals surface area contributed by atoms with E-state index in [1.807, 2.05) is 0 Å². The van der Waals surface area contributed by atoms with Crippen LogP contribution in [0.3, 0.4) is 0 Å². The Balaban J connectivity index is 2.67. The zero-order valence-corrected chi connectivity index (χ0v) is 28.1. The summed E-state index contributed by atoms with van der Waals surface area (Å²) >= 11 is -1.83. The van der Waals surface area contributed by atoms with Gasteiger partial charge in [-0.2, -0.15) is 26.3 Å². The van der Waals surface area contributed by atoms with Gasteiger partial charge in [0.25, 0.3) is 0 Å². The van der Waals surface area contributed by atoms with E-state index in [9.17, 15) is 40.5 Å². The summed E-state index contributed by atoms with van der Waals surface area (Å²) in [6, 6.07) is 9.45. The second-order valence-corrected chi connectivity index (χ2v) is 14.6. The predicted octanol–water partition coefficient (Wildman–Crippen LogP) is 7.72. The largest absolute Gasteiger partial charge is 0.598 e. The van der Waals surface area contributed by atoms with Crippen LogP contribution in [0.5, 0.6) is 0 Å². The van der Waals surface area contributed by atoms with Crippen molar-refractivity contribution in [2.75, 3.05) is 13.7 Å². The van der Waals surface area contributed by atoms with Gasteiger partial charge in [-0.3, -0.25) is 5.32 Å². The molecular formula is C32H40F6N2O6S. The number of ether oxygens (including phenoxy) is 3. The molecule has 8 nitrogen and oxygen atoms in total. The molecule has 2 N–H and O–H groups in total. The van der Waals surface area contributed by atoms with E-state index in [0.717, 1.165) is 7.11 Å². The lowest BCUT2D eigenvalue weighted by atomic mass is 9.87. The second kappa shape index (κ2) is 15.3. The van der Waals surface area contributed by atoms with Gasteiger partial charge in [0.15, 0.2) is 0 Å². The third-order valence-corrected chi connectivity index (χ3v) is 8.21. The number of hydrogen-bond acceptors (Lipinski definition) is 7. The van der Waals surface area contributed by atoms with Crippen LogP contribution in [-0.2, 0) is 48.3 Å². The summed E-state index contributed by atoms with van der Waals surface area (Å²) in [4.78, 5) is 25.2. The van der Waals surface area contributed by atoms with Crippen molar-refractivity contribution in [3.8, 4) is 0 Å². The molecule has 2 aromatic carbocycles. The molecule has 0 aromatic heterocycles. The Kier molecular flexibility index (Phi) is 13.0. The van der Waals surface area contributed by atoms with E-state index in [2.05, 4.69) is 10.0 Å². The van der Waals surface area contributed by atoms with Crippen molar-refractivity contribution in [1.82, 2.24) is 10.0 Å². The monoisotopic (exact) mass is 694 g/mol. The van der Waals surface area contributed by atoms with Gasteiger partial charge in [0.05, 0.1) is 30.9 Å². The maximum absolute atomic E-state index is 13.6. The zero-order valence-electron chi connectivity index (χ0n) is 27.3. The molecule has 0 aliphatic rings. The highest BCUT2D eigenvalue weighted by molar-refractivity contribution is 7.90. The molecule has 0 spiro atoms. The van der Waals surface area contributed by atoms with Crippen molar-refractivity contribution in [3.05, 3.63) is 82.6 Å². The van der Waals surface area contributed by atoms with Gasteiger partial charge in [0.2, 0.25) is 0 Å². The first kappa shape index (κ1) is 39.9. The lowest BCUT2D eigenvalue weighted by molar-refractivity contribution is -0.143. The molecule has 262 valence electrons. The average molecular weight is 695 g/mol. The Morgan fingerprint density at radius 2 is 1.43 bits per heavy atom. The minimum absolute atomic E-state index is 0.0231. The number of carbonyl (C=O) groups is 2. The van der Waals surface area contributed by atoms with Crippen LogP contribution in [-0.4, -0.2) is 40.7 Å². The lowest BCUT2D eigenvalue weighted by Crippen LogP contribution is -2.54. The Labute approximate surface area is 273 Å². The van der Waals surface area contributed by atoms with Crippen molar-refractivity contribution in [2.45, 2.75) is 89.2 Å². The fraction of sp³-hybridized carbons (Fsp3) is 0.500. The quantitative estimate of drug-likeness (QED) is 0.107. The lowest BCUT2D eigenvalue weighted by Gasteiger charge is -2.38. The third kappa shape index (κ3) is 12.0. The second-order valence-electron chi connectivity index (χ2n) is 12.7. The molecule has 47 heavy (non-hydrogen) atoms. The highest BCUT2D eigenvalue weighted by Crippen LogP contribution is 2.39. The molecule has 0 radical (unpaired) electrons. The summed E-state index contributed by atoms with van der Waals surface area (Å²) < 4.78 is 113. The van der Waals surface area contributed by atoms with Gasteiger partial charge in [-0.15, -0.1) is 4.72 Å². The minimum Gasteiger partial charge on any atom is -0.598 e. The van der Waals surface area contributed by atoms with Gasteiger partial charge >= 0.3 is 24.4 Å². The van der Waals surface area contributed by atoms with Crippen molar-refractivity contribution in [1.29, 1.82) is 0 Å². The van der Waals surface area contributed by atoms with Gasteiger partial charge in [-0.05, 0) is 84.2 Å². The first-order valence-corrected chi connectivity index (χ1v) is 15.5. The number of benzene rings is 2. The number of halogens is 6. The van der Waals surface area contributed by atoms with E-state index < -0.39 is 81.1 Å². The van der Waals surface area contributed by atoms with Gasteiger partial charge in [0, 0.05) is 11.4 Å². The number of alkyl carbamates (subject to hydrolysis) is 1. The Bertz CT molecular complexity index is 1370. The molecule has 1 unspecified atom stereocenters. The molecule has 0 aliphatic carbocycles. The predicted molar refractivity (Wildman–Crippen MR) is 164 cm³/mol. The minimum atomic E-state index is -5.06. The third-order valence-electron chi connectivity index (χ3n) is 6.53. The van der Waals surface area contributed by atoms with Crippen molar-refractivity contribution in [2.24, 2.45) is 0 Å². The van der Waals surface area contributed by atoms with Crippen LogP contribution < -0.4 is 10.0 Å². The fourth-order valence-electron chi connectivity index (χ4n) is 4.04. The summed E-state index contributed by atoms with van der Waals surface area (Å²) in [5.74, 6) is -0.951. The highest BCUT2D eigenvalue weighted by Gasteiger charge is 2.42. The van der Waals surface area contributed by atoms with Gasteiger partial charge in [-0.25, -0.2) is 9.59 Å². The molecule has 1 amide bonds. The molecular weight excluding hydrogens is 654 g/mol. The molecule has 0 aliphatic heterocycles. The van der Waals surface area contributed by atoms with Gasteiger partial charge in [0.1, 0.15) is 21.6 Å². The van der Waals surface area contributed by atoms with E-state index >= 15 is 0 Å². The summed E-state index contributed by atoms with van der Waals surface area (Å²) in [5.41, 5.74) is -5.73. The smallest absolute Gasteiger partial charge is 0.416 e. The maximum Gasteiger partial charge on any atom is 0.416 e. The molecule has 0 bridgehead atoms. The number of methoxy groups -OCH3 is 1. The number of alkyl halides is 6. The molecule has 0 saturated heterocycles. The summed E-state index contributed by atoms with van der Waals surface area (Å²) in [6.07, 6.45) is -11.4. The summed E-state index contributed by atoms with van der Waals surface area (Å²) in [6.45, 7) is 10.7. The van der Waals surface area contributed by atoms with Crippen LogP contribution in [0.4, 0.5) is 31.1 Å². The maximum atomic E-state index is 13.6. The van der Waals surface area contributed by atoms with Crippen molar-refractivity contribution in [3.63, 3.8) is 0 Å². The molecule has 3 atom stereocenters. The number of carbonyl (C=O) groups excluding carboxylic acids is 2. The van der Waals surface area contributed by atoms with Crippen LogP contribution in [0.1, 0.15) is 83.2 Å². The SMILES string of the molecule is COC(=O)/C(=C/C[C@](CO[C@H](C)c1cc(C(F)(F)F)cc(C(F)(F)F)c1)(N[S+]([O-])C(C)(C)C)c1ccccc1)NC(=O)OC(C)(C)C. The van der Waals surface area contributed by atoms with Crippen LogP contribution >= 0.6 is 0 Å². The number of esters is 1. The Hall–Kier alpha value is -3.27. The first-order chi connectivity index (χ1) is 21.4. The summed E-state index contributed by atoms with van der Waals surface area (Å²) in [7, 11) is 1.08. The van der Waals surface area contributed by atoms with E-state index in [0.29, 0.717) is 17.7 Å². The first-order valence-electron chi connectivity index (χ1n) is 14.3. The Morgan fingerprint density at radius 3 is 1.87 bits per heavy atom. The van der Waals surface area contributed by atoms with E-state index in [-0.39, 0.29) is 18.2 Å². The normalized spacial score (nSPS) is 15.8. The number of nitrogens with one attached hydrogen (secondary N) is 2. The molecule has 0 saturated carbocycles. The topological polar surface area (TPSA) is 109 Å². The number of hydrogen-bond donors (Lipinski definition) is 2. The van der Waals surface area contributed by atoms with E-state index in [1.54, 1.807) is 71.9 Å². The number of rotatable bonds is 11. The van der Waals surface area contributed by atoms with E-state index in [4.69, 9.17) is 14.2 Å². The molecule has 0 heterocycles. The molecule has 0 fully saturated rings. The van der Waals surface area contributed by atoms with Crippen LogP contribution in [0, 0.1) is 0 Å².